The van der Waals surface area contributed by atoms with Crippen LogP contribution in [0.5, 0.6) is 0 Å². The van der Waals surface area contributed by atoms with Gasteiger partial charge in [0.1, 0.15) is 0 Å². The minimum absolute atomic E-state index is 0. The van der Waals surface area contributed by atoms with Crippen LogP contribution in [-0.2, 0) is 0 Å². The zero-order chi connectivity index (χ0) is 6.85. The van der Waals surface area contributed by atoms with E-state index < -0.39 is 0 Å². The van der Waals surface area contributed by atoms with Gasteiger partial charge >= 0.3 is 0 Å². The predicted molar refractivity (Wildman–Crippen MR) is 51.0 cm³/mol. The minimum atomic E-state index is 0. The van der Waals surface area contributed by atoms with Gasteiger partial charge in [-0.2, -0.15) is 0 Å². The predicted octanol–water partition coefficient (Wildman–Crippen LogP) is 3.39. The van der Waals surface area contributed by atoms with E-state index in [9.17, 15) is 0 Å². The van der Waals surface area contributed by atoms with Crippen molar-refractivity contribution in [1.29, 1.82) is 0 Å². The summed E-state index contributed by atoms with van der Waals surface area (Å²) in [6.07, 6.45) is 0. The Labute approximate surface area is 79.4 Å². The lowest BCUT2D eigenvalue weighted by Crippen LogP contribution is -1.75. The third kappa shape index (κ3) is 3.88. The van der Waals surface area contributed by atoms with Gasteiger partial charge in [0.15, 0.2) is 0 Å². The van der Waals surface area contributed by atoms with E-state index in [1.807, 2.05) is 25.1 Å². The highest BCUT2D eigenvalue weighted by atomic mass is 35.5. The molecule has 0 unspecified atom stereocenters. The molecule has 1 aromatic rings. The second-order valence-electron chi connectivity index (χ2n) is 1.88. The third-order valence-corrected chi connectivity index (χ3v) is 2.13. The lowest BCUT2D eigenvalue weighted by Gasteiger charge is -1.97. The summed E-state index contributed by atoms with van der Waals surface area (Å²) in [6.45, 7) is 1.95. The molecule has 5 heteroatoms. The van der Waals surface area contributed by atoms with Crippen LogP contribution in [0.3, 0.4) is 0 Å². The number of rotatable bonds is 0. The lowest BCUT2D eigenvalue weighted by atomic mass is 10.2. The molecular weight excluding hydrogens is 209 g/mol. The maximum Gasteiger partial charge on any atom is 0.0446 e. The smallest absolute Gasteiger partial charge is 0.0446 e. The molecule has 0 atom stereocenters. The Balaban J connectivity index is -0.000000270. The summed E-state index contributed by atoms with van der Waals surface area (Å²) in [5.74, 6) is 0. The Morgan fingerprint density at radius 3 is 2.00 bits per heavy atom. The van der Waals surface area contributed by atoms with E-state index in [1.54, 1.807) is 0 Å². The molecule has 12 heavy (non-hydrogen) atoms. The second kappa shape index (κ2) is 7.31. The summed E-state index contributed by atoms with van der Waals surface area (Å²) >= 11 is 9.95. The fourth-order valence-corrected chi connectivity index (χ4v) is 1.04. The lowest BCUT2D eigenvalue weighted by molar-refractivity contribution is 1.11. The monoisotopic (exact) mass is 218 g/mol. The van der Waals surface area contributed by atoms with Crippen molar-refractivity contribution in [3.8, 4) is 0 Å². The first-order chi connectivity index (χ1) is 4.22. The average molecular weight is 219 g/mol. The molecule has 0 amide bonds. The van der Waals surface area contributed by atoms with E-state index >= 15 is 0 Å². The number of halogens is 4. The minimum Gasteiger partial charge on any atom is -0.269 e. The number of hydrogen-bond donors (Lipinski definition) is 1. The maximum atomic E-state index is 5.77. The first-order valence-electron chi connectivity index (χ1n) is 2.66. The van der Waals surface area contributed by atoms with Crippen LogP contribution in [0.25, 0.3) is 0 Å². The number of benzene rings is 1. The standard InChI is InChI=1S/C7H7ClS.3FH/c1-5-6(8)3-2-4-7(5)9;;;/h2-4,9H,1H3;3*1H. The number of thiol groups is 1. The third-order valence-electron chi connectivity index (χ3n) is 1.24. The molecule has 72 valence electrons. The first kappa shape index (κ1) is 17.7. The Hall–Kier alpha value is -0.350. The van der Waals surface area contributed by atoms with Gasteiger partial charge in [-0.05, 0) is 24.6 Å². The molecule has 0 aliphatic rings. The van der Waals surface area contributed by atoms with Crippen LogP contribution in [0.1, 0.15) is 5.56 Å². The summed E-state index contributed by atoms with van der Waals surface area (Å²) in [7, 11) is 0. The Kier molecular flexibility index (Phi) is 10.8. The van der Waals surface area contributed by atoms with E-state index in [-0.39, 0.29) is 14.1 Å². The molecule has 0 radical (unpaired) electrons. The molecule has 0 aromatic heterocycles. The SMILES string of the molecule is Cc1c(S)cccc1Cl.F.F.F. The Morgan fingerprint density at radius 2 is 1.67 bits per heavy atom. The molecule has 1 rings (SSSR count). The van der Waals surface area contributed by atoms with Crippen LogP contribution >= 0.6 is 24.2 Å². The molecule has 0 saturated heterocycles. The van der Waals surface area contributed by atoms with Crippen molar-refractivity contribution < 1.29 is 14.1 Å². The molecule has 0 bridgehead atoms. The van der Waals surface area contributed by atoms with E-state index in [2.05, 4.69) is 12.6 Å². The van der Waals surface area contributed by atoms with Crippen molar-refractivity contribution in [2.75, 3.05) is 0 Å². The van der Waals surface area contributed by atoms with Crippen LogP contribution in [0.2, 0.25) is 5.02 Å². The first-order valence-corrected chi connectivity index (χ1v) is 3.48. The number of hydrogen-bond acceptors (Lipinski definition) is 1. The van der Waals surface area contributed by atoms with Gasteiger partial charge in [0.05, 0.1) is 0 Å². The summed E-state index contributed by atoms with van der Waals surface area (Å²) in [6, 6.07) is 5.67. The highest BCUT2D eigenvalue weighted by Gasteiger charge is 1.94. The normalized spacial score (nSPS) is 7.25. The van der Waals surface area contributed by atoms with Crippen molar-refractivity contribution in [2.45, 2.75) is 11.8 Å². The van der Waals surface area contributed by atoms with Gasteiger partial charge in [-0.15, -0.1) is 12.6 Å². The van der Waals surface area contributed by atoms with Gasteiger partial charge in [-0.1, -0.05) is 17.7 Å². The van der Waals surface area contributed by atoms with Crippen molar-refractivity contribution in [3.63, 3.8) is 0 Å². The molecule has 0 heterocycles. The van der Waals surface area contributed by atoms with Crippen LogP contribution in [-0.4, -0.2) is 0 Å². The Morgan fingerprint density at radius 1 is 1.17 bits per heavy atom. The molecule has 0 fully saturated rings. The summed E-state index contributed by atoms with van der Waals surface area (Å²) in [5, 5.41) is 0.780. The van der Waals surface area contributed by atoms with Crippen LogP contribution in [0, 0.1) is 6.92 Å². The average Bonchev–Trinajstić information content (AvgIpc) is 1.83. The fraction of sp³-hybridized carbons (Fsp3) is 0.143. The summed E-state index contributed by atoms with van der Waals surface area (Å²) in [4.78, 5) is 0.947. The van der Waals surface area contributed by atoms with Gasteiger partial charge < -0.3 is 0 Å². The summed E-state index contributed by atoms with van der Waals surface area (Å²) < 4.78 is 0. The zero-order valence-electron chi connectivity index (χ0n) is 6.28. The quantitative estimate of drug-likeness (QED) is 0.634. The fourth-order valence-electron chi connectivity index (χ4n) is 0.596. The van der Waals surface area contributed by atoms with Gasteiger partial charge in [0.25, 0.3) is 0 Å². The molecule has 0 aliphatic heterocycles. The van der Waals surface area contributed by atoms with Crippen molar-refractivity contribution >= 4 is 24.2 Å². The maximum absolute atomic E-state index is 5.77. The molecule has 1 aromatic carbocycles. The highest BCUT2D eigenvalue weighted by Crippen LogP contribution is 2.20. The van der Waals surface area contributed by atoms with E-state index in [1.165, 1.54) is 0 Å². The topological polar surface area (TPSA) is 0 Å². The molecule has 0 nitrogen and oxygen atoms in total. The van der Waals surface area contributed by atoms with Crippen molar-refractivity contribution in [2.24, 2.45) is 0 Å². The van der Waals surface area contributed by atoms with Crippen molar-refractivity contribution in [3.05, 3.63) is 28.8 Å². The molecule has 0 aliphatic carbocycles. The second-order valence-corrected chi connectivity index (χ2v) is 2.77. The van der Waals surface area contributed by atoms with E-state index in [4.69, 9.17) is 11.6 Å². The van der Waals surface area contributed by atoms with Crippen LogP contribution < -0.4 is 0 Å². The van der Waals surface area contributed by atoms with Gasteiger partial charge in [0, 0.05) is 9.92 Å². The molecular formula is C7H10ClF3S. The van der Waals surface area contributed by atoms with Crippen LogP contribution in [0.4, 0.5) is 14.1 Å². The van der Waals surface area contributed by atoms with E-state index in [0.29, 0.717) is 0 Å². The molecule has 0 spiro atoms. The summed E-state index contributed by atoms with van der Waals surface area (Å²) in [5.41, 5.74) is 1.04. The van der Waals surface area contributed by atoms with Crippen molar-refractivity contribution in [1.82, 2.24) is 0 Å². The zero-order valence-corrected chi connectivity index (χ0v) is 7.93. The van der Waals surface area contributed by atoms with Gasteiger partial charge in [-0.25, -0.2) is 0 Å². The van der Waals surface area contributed by atoms with Gasteiger partial charge in [-0.3, -0.25) is 14.1 Å². The highest BCUT2D eigenvalue weighted by molar-refractivity contribution is 7.80. The Bertz CT molecular complexity index is 210. The largest absolute Gasteiger partial charge is 0.269 e. The molecule has 0 saturated carbocycles. The molecule has 0 N–H and O–H groups in total. The van der Waals surface area contributed by atoms with Gasteiger partial charge in [0.2, 0.25) is 0 Å². The van der Waals surface area contributed by atoms with E-state index in [0.717, 1.165) is 15.5 Å². The van der Waals surface area contributed by atoms with Crippen LogP contribution in [0.15, 0.2) is 23.1 Å².